The van der Waals surface area contributed by atoms with Gasteiger partial charge in [-0.05, 0) is 36.6 Å². The minimum atomic E-state index is -0.156. The molecule has 3 heterocycles. The van der Waals surface area contributed by atoms with Crippen LogP contribution in [0.3, 0.4) is 0 Å². The largest absolute Gasteiger partial charge is 0.454 e. The highest BCUT2D eigenvalue weighted by Crippen LogP contribution is 2.32. The van der Waals surface area contributed by atoms with Crippen molar-refractivity contribution in [3.05, 3.63) is 42.1 Å². The molecule has 146 valence electrons. The molecule has 1 aromatic carbocycles. The number of aromatic nitrogens is 2. The van der Waals surface area contributed by atoms with E-state index in [2.05, 4.69) is 25.7 Å². The van der Waals surface area contributed by atoms with E-state index >= 15 is 0 Å². The number of hydrogen-bond donors (Lipinski definition) is 2. The summed E-state index contributed by atoms with van der Waals surface area (Å²) in [5.41, 5.74) is 1.97. The van der Waals surface area contributed by atoms with Gasteiger partial charge in [0, 0.05) is 38.3 Å². The molecule has 0 aliphatic carbocycles. The molecule has 0 spiro atoms. The maximum absolute atomic E-state index is 12.0. The molecule has 28 heavy (non-hydrogen) atoms. The normalized spacial score (nSPS) is 15.2. The molecule has 1 fully saturated rings. The quantitative estimate of drug-likeness (QED) is 0.560. The van der Waals surface area contributed by atoms with Crippen molar-refractivity contribution in [1.82, 2.24) is 15.5 Å². The SMILES string of the molecule is O=C(/C=C/c1ccc2c(c1)OCO2)NCCNc1cc(N2CCCC2)cnn1. The van der Waals surface area contributed by atoms with E-state index in [1.807, 2.05) is 24.3 Å². The first-order chi connectivity index (χ1) is 13.8. The van der Waals surface area contributed by atoms with Crippen molar-refractivity contribution in [2.24, 2.45) is 0 Å². The number of carbonyl (C=O) groups excluding carboxylic acids is 1. The number of carbonyl (C=O) groups is 1. The van der Waals surface area contributed by atoms with Crippen LogP contribution in [0.5, 0.6) is 11.5 Å². The first-order valence-electron chi connectivity index (χ1n) is 9.45. The van der Waals surface area contributed by atoms with Gasteiger partial charge in [0.25, 0.3) is 0 Å². The molecule has 0 unspecified atom stereocenters. The molecule has 8 heteroatoms. The van der Waals surface area contributed by atoms with Gasteiger partial charge in [0.1, 0.15) is 0 Å². The van der Waals surface area contributed by atoms with Crippen molar-refractivity contribution in [2.45, 2.75) is 12.8 Å². The molecular formula is C20H23N5O3. The molecule has 2 aliphatic heterocycles. The van der Waals surface area contributed by atoms with Gasteiger partial charge in [0.05, 0.1) is 11.9 Å². The Morgan fingerprint density at radius 1 is 1.14 bits per heavy atom. The summed E-state index contributed by atoms with van der Waals surface area (Å²) in [4.78, 5) is 14.3. The predicted molar refractivity (Wildman–Crippen MR) is 107 cm³/mol. The second kappa shape index (κ2) is 8.60. The Bertz CT molecular complexity index is 865. The summed E-state index contributed by atoms with van der Waals surface area (Å²) in [5.74, 6) is 1.99. The van der Waals surface area contributed by atoms with Crippen LogP contribution in [-0.2, 0) is 4.79 Å². The zero-order valence-corrected chi connectivity index (χ0v) is 15.6. The van der Waals surface area contributed by atoms with Crippen LogP contribution in [0.2, 0.25) is 0 Å². The van der Waals surface area contributed by atoms with E-state index in [1.165, 1.54) is 18.9 Å². The molecular weight excluding hydrogens is 358 g/mol. The van der Waals surface area contributed by atoms with Gasteiger partial charge in [-0.3, -0.25) is 4.79 Å². The predicted octanol–water partition coefficient (Wildman–Crippen LogP) is 2.05. The van der Waals surface area contributed by atoms with Crippen LogP contribution in [0.25, 0.3) is 6.08 Å². The Hall–Kier alpha value is -3.29. The standard InChI is InChI=1S/C20H23N5O3/c26-20(6-4-15-3-5-17-18(11-15)28-14-27-17)22-8-7-21-19-12-16(13-23-24-19)25-9-1-2-10-25/h3-6,11-13H,1-2,7-10,14H2,(H,21,24)(H,22,26)/b6-4+. The number of nitrogens with one attached hydrogen (secondary N) is 2. The summed E-state index contributed by atoms with van der Waals surface area (Å²) in [6.45, 7) is 3.43. The van der Waals surface area contributed by atoms with Crippen molar-refractivity contribution in [1.29, 1.82) is 0 Å². The molecule has 1 aromatic heterocycles. The molecule has 4 rings (SSSR count). The Morgan fingerprint density at radius 3 is 2.89 bits per heavy atom. The van der Waals surface area contributed by atoms with Crippen LogP contribution in [0.4, 0.5) is 11.5 Å². The Kier molecular flexibility index (Phi) is 5.56. The Morgan fingerprint density at radius 2 is 2.00 bits per heavy atom. The van der Waals surface area contributed by atoms with Gasteiger partial charge in [0.2, 0.25) is 12.7 Å². The van der Waals surface area contributed by atoms with Crippen LogP contribution in [0, 0.1) is 0 Å². The van der Waals surface area contributed by atoms with Crippen LogP contribution in [-0.4, -0.2) is 49.1 Å². The summed E-state index contributed by atoms with van der Waals surface area (Å²) < 4.78 is 10.6. The first kappa shape index (κ1) is 18.1. The highest BCUT2D eigenvalue weighted by atomic mass is 16.7. The molecule has 2 aromatic rings. The van der Waals surface area contributed by atoms with Crippen molar-refractivity contribution < 1.29 is 14.3 Å². The fourth-order valence-electron chi connectivity index (χ4n) is 3.21. The Labute approximate surface area is 163 Å². The van der Waals surface area contributed by atoms with Gasteiger partial charge < -0.3 is 25.0 Å². The van der Waals surface area contributed by atoms with Crippen LogP contribution < -0.4 is 25.0 Å². The van der Waals surface area contributed by atoms with Gasteiger partial charge in [-0.25, -0.2) is 0 Å². The third kappa shape index (κ3) is 4.51. The molecule has 8 nitrogen and oxygen atoms in total. The lowest BCUT2D eigenvalue weighted by Gasteiger charge is -2.17. The van der Waals surface area contributed by atoms with Gasteiger partial charge in [-0.15, -0.1) is 5.10 Å². The average molecular weight is 381 g/mol. The van der Waals surface area contributed by atoms with Crippen LogP contribution >= 0.6 is 0 Å². The van der Waals surface area contributed by atoms with Gasteiger partial charge in [0.15, 0.2) is 17.3 Å². The lowest BCUT2D eigenvalue weighted by Crippen LogP contribution is -2.27. The number of hydrogen-bond acceptors (Lipinski definition) is 7. The second-order valence-electron chi connectivity index (χ2n) is 6.66. The fraction of sp³-hybridized carbons (Fsp3) is 0.350. The summed E-state index contributed by atoms with van der Waals surface area (Å²) >= 11 is 0. The van der Waals surface area contributed by atoms with Gasteiger partial charge >= 0.3 is 0 Å². The molecule has 1 saturated heterocycles. The smallest absolute Gasteiger partial charge is 0.244 e. The minimum absolute atomic E-state index is 0.156. The zero-order chi connectivity index (χ0) is 19.2. The van der Waals surface area contributed by atoms with Gasteiger partial charge in [-0.2, -0.15) is 5.10 Å². The van der Waals surface area contributed by atoms with Crippen molar-refractivity contribution in [2.75, 3.05) is 43.2 Å². The van der Waals surface area contributed by atoms with Crippen molar-refractivity contribution in [3.63, 3.8) is 0 Å². The fourth-order valence-corrected chi connectivity index (χ4v) is 3.21. The van der Waals surface area contributed by atoms with E-state index in [4.69, 9.17) is 9.47 Å². The number of rotatable bonds is 7. The number of ether oxygens (including phenoxy) is 2. The number of amides is 1. The summed E-state index contributed by atoms with van der Waals surface area (Å²) in [5, 5.41) is 14.2. The molecule has 2 N–H and O–H groups in total. The van der Waals surface area contributed by atoms with E-state index in [0.717, 1.165) is 35.9 Å². The van der Waals surface area contributed by atoms with Crippen molar-refractivity contribution >= 4 is 23.5 Å². The molecule has 0 bridgehead atoms. The summed E-state index contributed by atoms with van der Waals surface area (Å²) in [6, 6.07) is 7.56. The highest BCUT2D eigenvalue weighted by Gasteiger charge is 2.13. The topological polar surface area (TPSA) is 88.6 Å². The van der Waals surface area contributed by atoms with Crippen molar-refractivity contribution in [3.8, 4) is 11.5 Å². The van der Waals surface area contributed by atoms with E-state index in [1.54, 1.807) is 12.3 Å². The maximum Gasteiger partial charge on any atom is 0.244 e. The van der Waals surface area contributed by atoms with Crippen LogP contribution in [0.1, 0.15) is 18.4 Å². The monoisotopic (exact) mass is 381 g/mol. The highest BCUT2D eigenvalue weighted by molar-refractivity contribution is 5.91. The van der Waals surface area contributed by atoms with Gasteiger partial charge in [-0.1, -0.05) is 6.07 Å². The average Bonchev–Trinajstić information content (AvgIpc) is 3.41. The number of nitrogens with zero attached hydrogens (tertiary/aromatic N) is 3. The Balaban J connectivity index is 1.21. The maximum atomic E-state index is 12.0. The zero-order valence-electron chi connectivity index (χ0n) is 15.6. The third-order valence-electron chi connectivity index (χ3n) is 4.67. The first-order valence-corrected chi connectivity index (χ1v) is 9.45. The molecule has 0 atom stereocenters. The number of anilines is 2. The molecule has 0 radical (unpaired) electrons. The number of fused-ring (bicyclic) bond motifs is 1. The molecule has 0 saturated carbocycles. The van der Waals surface area contributed by atoms with E-state index in [-0.39, 0.29) is 12.7 Å². The minimum Gasteiger partial charge on any atom is -0.454 e. The lowest BCUT2D eigenvalue weighted by atomic mass is 10.2. The second-order valence-corrected chi connectivity index (χ2v) is 6.66. The van der Waals surface area contributed by atoms with E-state index in [0.29, 0.717) is 18.8 Å². The summed E-state index contributed by atoms with van der Waals surface area (Å²) in [6.07, 6.45) is 7.48. The third-order valence-corrected chi connectivity index (χ3v) is 4.67. The van der Waals surface area contributed by atoms with E-state index in [9.17, 15) is 4.79 Å². The molecule has 2 aliphatic rings. The van der Waals surface area contributed by atoms with Crippen LogP contribution in [0.15, 0.2) is 36.5 Å². The number of benzene rings is 1. The van der Waals surface area contributed by atoms with E-state index < -0.39 is 0 Å². The lowest BCUT2D eigenvalue weighted by molar-refractivity contribution is -0.116. The molecule has 1 amide bonds. The summed E-state index contributed by atoms with van der Waals surface area (Å²) in [7, 11) is 0.